The molecular weight excluding hydrogens is 192 g/mol. The molecule has 15 heavy (non-hydrogen) atoms. The van der Waals surface area contributed by atoms with Gasteiger partial charge in [0.25, 0.3) is 0 Å². The van der Waals surface area contributed by atoms with Crippen LogP contribution >= 0.6 is 0 Å². The predicted octanol–water partition coefficient (Wildman–Crippen LogP) is 0.855. The van der Waals surface area contributed by atoms with Crippen LogP contribution in [0.2, 0.25) is 0 Å². The minimum absolute atomic E-state index is 0.186. The van der Waals surface area contributed by atoms with Gasteiger partial charge in [0.05, 0.1) is 6.54 Å². The van der Waals surface area contributed by atoms with E-state index in [2.05, 4.69) is 6.92 Å². The molecule has 0 heterocycles. The number of carbonyl (C=O) groups is 1. The Bertz CT molecular complexity index is 199. The van der Waals surface area contributed by atoms with Gasteiger partial charge in [-0.25, -0.2) is 0 Å². The molecule has 90 valence electrons. The first kappa shape index (κ1) is 14.4. The van der Waals surface area contributed by atoms with E-state index in [1.807, 2.05) is 32.7 Å². The van der Waals surface area contributed by atoms with Crippen LogP contribution in [0.1, 0.15) is 27.7 Å². The second-order valence-electron chi connectivity index (χ2n) is 5.12. The van der Waals surface area contributed by atoms with Gasteiger partial charge < -0.3 is 10.5 Å². The van der Waals surface area contributed by atoms with Crippen molar-refractivity contribution in [1.82, 2.24) is 4.90 Å². The third kappa shape index (κ3) is 8.39. The molecular formula is C11H24N2O2. The molecule has 0 bridgehead atoms. The number of nitrogens with two attached hydrogens (primary N) is 1. The van der Waals surface area contributed by atoms with E-state index in [0.29, 0.717) is 19.0 Å². The van der Waals surface area contributed by atoms with Crippen LogP contribution in [0.25, 0.3) is 0 Å². The van der Waals surface area contributed by atoms with Gasteiger partial charge in [0.2, 0.25) is 0 Å². The summed E-state index contributed by atoms with van der Waals surface area (Å²) < 4.78 is 5.21. The summed E-state index contributed by atoms with van der Waals surface area (Å²) in [6, 6.07) is 0. The predicted molar refractivity (Wildman–Crippen MR) is 61.6 cm³/mol. The molecule has 0 aromatic carbocycles. The van der Waals surface area contributed by atoms with Crippen molar-refractivity contribution in [3.8, 4) is 0 Å². The van der Waals surface area contributed by atoms with Crippen LogP contribution in [0.15, 0.2) is 0 Å². The van der Waals surface area contributed by atoms with Crippen molar-refractivity contribution in [3.05, 3.63) is 0 Å². The molecule has 2 N–H and O–H groups in total. The van der Waals surface area contributed by atoms with Crippen LogP contribution in [0.5, 0.6) is 0 Å². The van der Waals surface area contributed by atoms with Crippen LogP contribution in [0.4, 0.5) is 0 Å². The van der Waals surface area contributed by atoms with Crippen molar-refractivity contribution in [2.24, 2.45) is 11.7 Å². The highest BCUT2D eigenvalue weighted by Crippen LogP contribution is 2.07. The summed E-state index contributed by atoms with van der Waals surface area (Å²) >= 11 is 0. The lowest BCUT2D eigenvalue weighted by Gasteiger charge is -2.23. The van der Waals surface area contributed by atoms with Crippen LogP contribution in [0, 0.1) is 5.92 Å². The van der Waals surface area contributed by atoms with E-state index in [1.165, 1.54) is 0 Å². The molecule has 0 aromatic heterocycles. The Morgan fingerprint density at radius 1 is 1.47 bits per heavy atom. The second-order valence-corrected chi connectivity index (χ2v) is 5.12. The molecule has 1 unspecified atom stereocenters. The van der Waals surface area contributed by atoms with E-state index in [0.717, 1.165) is 6.54 Å². The molecule has 1 atom stereocenters. The van der Waals surface area contributed by atoms with Gasteiger partial charge in [-0.1, -0.05) is 6.92 Å². The zero-order valence-electron chi connectivity index (χ0n) is 10.5. The number of hydrogen-bond donors (Lipinski definition) is 1. The van der Waals surface area contributed by atoms with E-state index in [9.17, 15) is 4.79 Å². The third-order valence-corrected chi connectivity index (χ3v) is 1.84. The molecule has 4 heteroatoms. The topological polar surface area (TPSA) is 55.6 Å². The number of likely N-dealkylation sites (N-methyl/N-ethyl adjacent to an activating group) is 1. The molecule has 0 aromatic rings. The summed E-state index contributed by atoms with van der Waals surface area (Å²) in [5.41, 5.74) is 5.10. The molecule has 0 amide bonds. The third-order valence-electron chi connectivity index (χ3n) is 1.84. The van der Waals surface area contributed by atoms with Crippen LogP contribution in [-0.2, 0) is 9.53 Å². The van der Waals surface area contributed by atoms with E-state index < -0.39 is 5.60 Å². The van der Waals surface area contributed by atoms with Gasteiger partial charge in [-0.2, -0.15) is 0 Å². The summed E-state index contributed by atoms with van der Waals surface area (Å²) in [6.07, 6.45) is 0. The molecule has 0 aliphatic rings. The fourth-order valence-electron chi connectivity index (χ4n) is 1.27. The molecule has 0 aliphatic heterocycles. The number of nitrogens with zero attached hydrogens (tertiary/aromatic N) is 1. The van der Waals surface area contributed by atoms with Crippen molar-refractivity contribution in [1.29, 1.82) is 0 Å². The standard InChI is InChI=1S/C11H24N2O2/c1-9(6-12)7-13(5)8-10(14)15-11(2,3)4/h9H,6-8,12H2,1-5H3. The smallest absolute Gasteiger partial charge is 0.320 e. The number of esters is 1. The highest BCUT2D eigenvalue weighted by atomic mass is 16.6. The summed E-state index contributed by atoms with van der Waals surface area (Å²) in [4.78, 5) is 13.4. The Morgan fingerprint density at radius 2 is 2.00 bits per heavy atom. The summed E-state index contributed by atoms with van der Waals surface area (Å²) in [7, 11) is 1.90. The number of rotatable bonds is 5. The maximum atomic E-state index is 11.4. The highest BCUT2D eigenvalue weighted by Gasteiger charge is 2.17. The van der Waals surface area contributed by atoms with Gasteiger partial charge in [-0.3, -0.25) is 9.69 Å². The minimum Gasteiger partial charge on any atom is -0.459 e. The van der Waals surface area contributed by atoms with Gasteiger partial charge in [0.15, 0.2) is 0 Å². The van der Waals surface area contributed by atoms with Gasteiger partial charge in [-0.15, -0.1) is 0 Å². The molecule has 0 aliphatic carbocycles. The number of ether oxygens (including phenoxy) is 1. The SMILES string of the molecule is CC(CN)CN(C)CC(=O)OC(C)(C)C. The van der Waals surface area contributed by atoms with Gasteiger partial charge in [0.1, 0.15) is 5.60 Å². The molecule has 0 saturated heterocycles. The van der Waals surface area contributed by atoms with E-state index in [-0.39, 0.29) is 5.97 Å². The van der Waals surface area contributed by atoms with E-state index in [1.54, 1.807) is 0 Å². The van der Waals surface area contributed by atoms with Crippen LogP contribution in [-0.4, -0.2) is 43.2 Å². The summed E-state index contributed by atoms with van der Waals surface area (Å²) in [5.74, 6) is 0.214. The lowest BCUT2D eigenvalue weighted by atomic mass is 10.2. The Hall–Kier alpha value is -0.610. The first-order valence-electron chi connectivity index (χ1n) is 5.35. The second kappa shape index (κ2) is 6.08. The average molecular weight is 216 g/mol. The molecule has 4 nitrogen and oxygen atoms in total. The normalized spacial score (nSPS) is 14.1. The maximum Gasteiger partial charge on any atom is 0.320 e. The lowest BCUT2D eigenvalue weighted by Crippen LogP contribution is -2.36. The molecule has 0 saturated carbocycles. The zero-order chi connectivity index (χ0) is 12.1. The minimum atomic E-state index is -0.405. The average Bonchev–Trinajstić information content (AvgIpc) is 1.99. The quantitative estimate of drug-likeness (QED) is 0.692. The van der Waals surface area contributed by atoms with Crippen molar-refractivity contribution in [3.63, 3.8) is 0 Å². The van der Waals surface area contributed by atoms with Crippen LogP contribution in [0.3, 0.4) is 0 Å². The number of carbonyl (C=O) groups excluding carboxylic acids is 1. The Morgan fingerprint density at radius 3 is 2.40 bits per heavy atom. The molecule has 0 radical (unpaired) electrons. The highest BCUT2D eigenvalue weighted by molar-refractivity contribution is 5.72. The van der Waals surface area contributed by atoms with Gasteiger partial charge in [0, 0.05) is 6.54 Å². The van der Waals surface area contributed by atoms with E-state index in [4.69, 9.17) is 10.5 Å². The zero-order valence-corrected chi connectivity index (χ0v) is 10.5. The van der Waals surface area contributed by atoms with E-state index >= 15 is 0 Å². The Labute approximate surface area is 92.8 Å². The Kier molecular flexibility index (Phi) is 5.83. The van der Waals surface area contributed by atoms with Crippen molar-refractivity contribution in [2.45, 2.75) is 33.3 Å². The van der Waals surface area contributed by atoms with Crippen molar-refractivity contribution < 1.29 is 9.53 Å². The van der Waals surface area contributed by atoms with Gasteiger partial charge in [-0.05, 0) is 40.3 Å². The first-order valence-corrected chi connectivity index (χ1v) is 5.35. The molecule has 0 fully saturated rings. The van der Waals surface area contributed by atoms with Crippen LogP contribution < -0.4 is 5.73 Å². The molecule has 0 rings (SSSR count). The monoisotopic (exact) mass is 216 g/mol. The molecule has 0 spiro atoms. The van der Waals surface area contributed by atoms with Crippen molar-refractivity contribution in [2.75, 3.05) is 26.7 Å². The van der Waals surface area contributed by atoms with Gasteiger partial charge >= 0.3 is 5.97 Å². The fourth-order valence-corrected chi connectivity index (χ4v) is 1.27. The first-order chi connectivity index (χ1) is 6.74. The maximum absolute atomic E-state index is 11.4. The lowest BCUT2D eigenvalue weighted by molar-refractivity contribution is -0.155. The fraction of sp³-hybridized carbons (Fsp3) is 0.909. The summed E-state index contributed by atoms with van der Waals surface area (Å²) in [6.45, 7) is 9.44. The Balaban J connectivity index is 3.87. The largest absolute Gasteiger partial charge is 0.459 e. The number of hydrogen-bond acceptors (Lipinski definition) is 4. The summed E-state index contributed by atoms with van der Waals surface area (Å²) in [5, 5.41) is 0. The van der Waals surface area contributed by atoms with Crippen molar-refractivity contribution >= 4 is 5.97 Å².